The standard InChI is InChI=1S/C14H15NO3S/c1-10-5-3-4-6-11(10)9-12-13(16)15(7-8-18-2)14(17)19-12/h3-6,9H,7-8H2,1-2H3/b12-9+. The van der Waals surface area contributed by atoms with Gasteiger partial charge in [0.1, 0.15) is 0 Å². The number of imide groups is 1. The van der Waals surface area contributed by atoms with Crippen LogP contribution in [0.25, 0.3) is 6.08 Å². The number of carbonyl (C=O) groups excluding carboxylic acids is 2. The van der Waals surface area contributed by atoms with Gasteiger partial charge >= 0.3 is 0 Å². The lowest BCUT2D eigenvalue weighted by molar-refractivity contribution is -0.123. The lowest BCUT2D eigenvalue weighted by Gasteiger charge is -2.10. The molecule has 100 valence electrons. The molecule has 0 bridgehead atoms. The molecule has 0 N–H and O–H groups in total. The van der Waals surface area contributed by atoms with E-state index in [2.05, 4.69) is 0 Å². The summed E-state index contributed by atoms with van der Waals surface area (Å²) >= 11 is 0.979. The van der Waals surface area contributed by atoms with Crippen LogP contribution >= 0.6 is 11.8 Å². The summed E-state index contributed by atoms with van der Waals surface area (Å²) < 4.78 is 4.90. The Hall–Kier alpha value is -1.59. The van der Waals surface area contributed by atoms with Gasteiger partial charge in [-0.25, -0.2) is 0 Å². The fourth-order valence-electron chi connectivity index (χ4n) is 1.77. The van der Waals surface area contributed by atoms with E-state index in [1.165, 1.54) is 4.90 Å². The predicted molar refractivity (Wildman–Crippen MR) is 75.7 cm³/mol. The number of ether oxygens (including phenoxy) is 1. The first kappa shape index (κ1) is 13.8. The highest BCUT2D eigenvalue weighted by Crippen LogP contribution is 2.32. The van der Waals surface area contributed by atoms with Crippen LogP contribution in [0.2, 0.25) is 0 Å². The predicted octanol–water partition coefficient (Wildman–Crippen LogP) is 2.68. The number of aryl methyl sites for hydroxylation is 1. The summed E-state index contributed by atoms with van der Waals surface area (Å²) in [5.74, 6) is -0.240. The zero-order valence-corrected chi connectivity index (χ0v) is 11.7. The number of hydrogen-bond acceptors (Lipinski definition) is 4. The Morgan fingerprint density at radius 2 is 2.05 bits per heavy atom. The van der Waals surface area contributed by atoms with Gasteiger partial charge in [0.25, 0.3) is 11.1 Å². The monoisotopic (exact) mass is 277 g/mol. The van der Waals surface area contributed by atoms with Crippen molar-refractivity contribution in [2.24, 2.45) is 0 Å². The van der Waals surface area contributed by atoms with Gasteiger partial charge < -0.3 is 4.74 Å². The Balaban J connectivity index is 2.21. The fourth-order valence-corrected chi connectivity index (χ4v) is 2.62. The summed E-state index contributed by atoms with van der Waals surface area (Å²) in [6.45, 7) is 2.63. The van der Waals surface area contributed by atoms with E-state index in [-0.39, 0.29) is 11.1 Å². The van der Waals surface area contributed by atoms with E-state index >= 15 is 0 Å². The van der Waals surface area contributed by atoms with Crippen LogP contribution < -0.4 is 0 Å². The maximum atomic E-state index is 12.1. The van der Waals surface area contributed by atoms with Crippen LogP contribution in [-0.2, 0) is 9.53 Å². The van der Waals surface area contributed by atoms with Crippen LogP contribution in [0, 0.1) is 6.92 Å². The normalized spacial score (nSPS) is 17.6. The minimum atomic E-state index is -0.240. The van der Waals surface area contributed by atoms with E-state index in [1.807, 2.05) is 31.2 Å². The Kier molecular flexibility index (Phi) is 4.39. The van der Waals surface area contributed by atoms with Crippen LogP contribution in [0.5, 0.6) is 0 Å². The van der Waals surface area contributed by atoms with E-state index in [0.717, 1.165) is 22.9 Å². The van der Waals surface area contributed by atoms with Crippen LogP contribution in [-0.4, -0.2) is 36.3 Å². The van der Waals surface area contributed by atoms with Gasteiger partial charge in [-0.05, 0) is 35.9 Å². The largest absolute Gasteiger partial charge is 0.383 e. The lowest BCUT2D eigenvalue weighted by atomic mass is 10.1. The van der Waals surface area contributed by atoms with Gasteiger partial charge in [-0.3, -0.25) is 14.5 Å². The molecule has 2 rings (SSSR count). The van der Waals surface area contributed by atoms with Crippen molar-refractivity contribution in [3.05, 3.63) is 40.3 Å². The molecule has 19 heavy (non-hydrogen) atoms. The fraction of sp³-hybridized carbons (Fsp3) is 0.286. The second kappa shape index (κ2) is 6.04. The molecule has 1 fully saturated rings. The first-order valence-electron chi connectivity index (χ1n) is 5.93. The number of rotatable bonds is 4. The molecule has 0 saturated carbocycles. The van der Waals surface area contributed by atoms with Crippen molar-refractivity contribution >= 4 is 29.0 Å². The second-order valence-corrected chi connectivity index (χ2v) is 5.18. The molecule has 1 aromatic carbocycles. The van der Waals surface area contributed by atoms with Crippen LogP contribution in [0.15, 0.2) is 29.2 Å². The molecule has 1 aliphatic heterocycles. The van der Waals surface area contributed by atoms with Crippen LogP contribution in [0.1, 0.15) is 11.1 Å². The number of thioether (sulfide) groups is 1. The quantitative estimate of drug-likeness (QED) is 0.794. The van der Waals surface area contributed by atoms with Gasteiger partial charge in [0, 0.05) is 7.11 Å². The third-order valence-corrected chi connectivity index (χ3v) is 3.78. The molecule has 0 aromatic heterocycles. The summed E-state index contributed by atoms with van der Waals surface area (Å²) in [6.07, 6.45) is 1.77. The average molecular weight is 277 g/mol. The van der Waals surface area contributed by atoms with Gasteiger partial charge in [-0.1, -0.05) is 24.3 Å². The van der Waals surface area contributed by atoms with Gasteiger partial charge in [0.2, 0.25) is 0 Å². The molecule has 1 heterocycles. The number of carbonyl (C=O) groups is 2. The molecule has 1 saturated heterocycles. The van der Waals surface area contributed by atoms with Crippen molar-refractivity contribution in [1.29, 1.82) is 0 Å². The Labute approximate surface area is 116 Å². The van der Waals surface area contributed by atoms with E-state index < -0.39 is 0 Å². The highest BCUT2D eigenvalue weighted by Gasteiger charge is 2.34. The zero-order chi connectivity index (χ0) is 13.8. The Morgan fingerprint density at radius 1 is 1.32 bits per heavy atom. The maximum Gasteiger partial charge on any atom is 0.293 e. The van der Waals surface area contributed by atoms with Gasteiger partial charge in [0.15, 0.2) is 0 Å². The van der Waals surface area contributed by atoms with Crippen LogP contribution in [0.3, 0.4) is 0 Å². The number of methoxy groups -OCH3 is 1. The van der Waals surface area contributed by atoms with E-state index in [1.54, 1.807) is 13.2 Å². The van der Waals surface area contributed by atoms with Crippen molar-refractivity contribution in [3.8, 4) is 0 Å². The SMILES string of the molecule is COCCN1C(=O)S/C(=C/c2ccccc2C)C1=O. The molecular formula is C14H15NO3S. The first-order chi connectivity index (χ1) is 9.13. The molecule has 0 atom stereocenters. The van der Waals surface area contributed by atoms with Crippen LogP contribution in [0.4, 0.5) is 4.79 Å². The Bertz CT molecular complexity index is 539. The number of benzene rings is 1. The van der Waals surface area contributed by atoms with Crippen molar-refractivity contribution in [2.45, 2.75) is 6.92 Å². The highest BCUT2D eigenvalue weighted by molar-refractivity contribution is 8.18. The molecule has 2 amide bonds. The average Bonchev–Trinajstić information content (AvgIpc) is 2.65. The second-order valence-electron chi connectivity index (χ2n) is 4.18. The summed E-state index contributed by atoms with van der Waals surface area (Å²) in [6, 6.07) is 7.75. The van der Waals surface area contributed by atoms with Gasteiger partial charge in [0.05, 0.1) is 18.1 Å². The van der Waals surface area contributed by atoms with Crippen molar-refractivity contribution in [2.75, 3.05) is 20.3 Å². The molecule has 1 aliphatic rings. The smallest absolute Gasteiger partial charge is 0.293 e. The lowest BCUT2D eigenvalue weighted by Crippen LogP contribution is -2.31. The maximum absolute atomic E-state index is 12.1. The molecular weight excluding hydrogens is 262 g/mol. The number of hydrogen-bond donors (Lipinski definition) is 0. The zero-order valence-electron chi connectivity index (χ0n) is 10.9. The van der Waals surface area contributed by atoms with Crippen molar-refractivity contribution in [3.63, 3.8) is 0 Å². The third-order valence-electron chi connectivity index (χ3n) is 2.87. The molecule has 1 aromatic rings. The van der Waals surface area contributed by atoms with E-state index in [9.17, 15) is 9.59 Å². The molecule has 0 spiro atoms. The minimum Gasteiger partial charge on any atom is -0.383 e. The highest BCUT2D eigenvalue weighted by atomic mass is 32.2. The summed E-state index contributed by atoms with van der Waals surface area (Å²) in [5, 5.41) is -0.234. The van der Waals surface area contributed by atoms with Crippen molar-refractivity contribution < 1.29 is 14.3 Å². The van der Waals surface area contributed by atoms with E-state index in [4.69, 9.17) is 4.74 Å². The summed E-state index contributed by atoms with van der Waals surface area (Å²) in [7, 11) is 1.54. The molecule has 4 nitrogen and oxygen atoms in total. The Morgan fingerprint density at radius 3 is 2.74 bits per heavy atom. The molecule has 0 radical (unpaired) electrons. The first-order valence-corrected chi connectivity index (χ1v) is 6.75. The minimum absolute atomic E-state index is 0.234. The molecule has 5 heteroatoms. The third kappa shape index (κ3) is 3.05. The van der Waals surface area contributed by atoms with Gasteiger partial charge in [-0.2, -0.15) is 0 Å². The van der Waals surface area contributed by atoms with E-state index in [0.29, 0.717) is 18.1 Å². The molecule has 0 unspecified atom stereocenters. The number of nitrogens with zero attached hydrogens (tertiary/aromatic N) is 1. The summed E-state index contributed by atoms with van der Waals surface area (Å²) in [4.78, 5) is 25.5. The topological polar surface area (TPSA) is 46.6 Å². The van der Waals surface area contributed by atoms with Crippen molar-refractivity contribution in [1.82, 2.24) is 4.90 Å². The summed E-state index contributed by atoms with van der Waals surface area (Å²) in [5.41, 5.74) is 2.03. The van der Waals surface area contributed by atoms with Gasteiger partial charge in [-0.15, -0.1) is 0 Å². The molecule has 0 aliphatic carbocycles. The number of amides is 2.